The SMILES string of the molecule is N#C[C@]1(C(N)=O)C[C@@](O)(c2ccc(Br)cc2)[C@H]([N+](=O)[O-])[C@H]1c1ccccc1. The van der Waals surface area contributed by atoms with Gasteiger partial charge in [0.15, 0.2) is 11.0 Å². The first-order valence-electron chi connectivity index (χ1n) is 8.14. The number of nitro groups is 1. The third-order valence-electron chi connectivity index (χ3n) is 5.25. The van der Waals surface area contributed by atoms with Crippen molar-refractivity contribution in [2.75, 3.05) is 0 Å². The number of amides is 1. The molecule has 1 aliphatic rings. The van der Waals surface area contributed by atoms with E-state index in [4.69, 9.17) is 5.73 Å². The molecule has 0 spiro atoms. The lowest BCUT2D eigenvalue weighted by Crippen LogP contribution is -2.43. The lowest BCUT2D eigenvalue weighted by molar-refractivity contribution is -0.547. The van der Waals surface area contributed by atoms with E-state index in [1.807, 2.05) is 6.07 Å². The largest absolute Gasteiger partial charge is 0.378 e. The van der Waals surface area contributed by atoms with Gasteiger partial charge in [-0.25, -0.2) is 0 Å². The Labute approximate surface area is 163 Å². The van der Waals surface area contributed by atoms with Gasteiger partial charge in [-0.15, -0.1) is 0 Å². The predicted octanol–water partition coefficient (Wildman–Crippen LogP) is 2.46. The van der Waals surface area contributed by atoms with E-state index in [-0.39, 0.29) is 5.56 Å². The highest BCUT2D eigenvalue weighted by Crippen LogP contribution is 2.58. The first kappa shape index (κ1) is 19.0. The molecule has 0 aromatic heterocycles. The zero-order valence-electron chi connectivity index (χ0n) is 14.1. The maximum absolute atomic E-state index is 12.3. The molecule has 2 aromatic rings. The molecule has 0 bridgehead atoms. The van der Waals surface area contributed by atoms with Crippen molar-refractivity contribution >= 4 is 21.8 Å². The van der Waals surface area contributed by atoms with Crippen LogP contribution >= 0.6 is 15.9 Å². The fourth-order valence-electron chi connectivity index (χ4n) is 4.02. The maximum Gasteiger partial charge on any atom is 0.254 e. The highest BCUT2D eigenvalue weighted by molar-refractivity contribution is 9.10. The number of halogens is 1. The Hall–Kier alpha value is -2.76. The van der Waals surface area contributed by atoms with Crippen LogP contribution in [0.2, 0.25) is 0 Å². The molecule has 0 aliphatic heterocycles. The zero-order valence-corrected chi connectivity index (χ0v) is 15.7. The van der Waals surface area contributed by atoms with E-state index >= 15 is 0 Å². The van der Waals surface area contributed by atoms with Crippen LogP contribution in [-0.4, -0.2) is 22.0 Å². The Morgan fingerprint density at radius 2 is 1.85 bits per heavy atom. The van der Waals surface area contributed by atoms with Gasteiger partial charge in [-0.1, -0.05) is 58.4 Å². The zero-order chi connectivity index (χ0) is 19.8. The fraction of sp³-hybridized carbons (Fsp3) is 0.263. The number of hydrogen-bond donors (Lipinski definition) is 2. The minimum Gasteiger partial charge on any atom is -0.378 e. The van der Waals surface area contributed by atoms with Gasteiger partial charge in [0, 0.05) is 15.8 Å². The normalized spacial score (nSPS) is 29.8. The minimum atomic E-state index is -2.03. The summed E-state index contributed by atoms with van der Waals surface area (Å²) in [4.78, 5) is 23.8. The molecule has 2 aromatic carbocycles. The summed E-state index contributed by atoms with van der Waals surface area (Å²) >= 11 is 3.28. The van der Waals surface area contributed by atoms with Crippen LogP contribution in [0.1, 0.15) is 23.5 Å². The Balaban J connectivity index is 2.29. The molecule has 0 unspecified atom stereocenters. The second kappa shape index (κ2) is 6.76. The summed E-state index contributed by atoms with van der Waals surface area (Å²) in [5, 5.41) is 33.3. The summed E-state index contributed by atoms with van der Waals surface area (Å²) in [6.45, 7) is 0. The number of primary amides is 1. The lowest BCUT2D eigenvalue weighted by Gasteiger charge is -2.27. The molecular weight excluding hydrogens is 414 g/mol. The van der Waals surface area contributed by atoms with Crippen molar-refractivity contribution in [1.82, 2.24) is 0 Å². The van der Waals surface area contributed by atoms with E-state index in [0.717, 1.165) is 4.47 Å². The fourth-order valence-corrected chi connectivity index (χ4v) is 4.29. The molecule has 3 rings (SSSR count). The van der Waals surface area contributed by atoms with Gasteiger partial charge in [-0.05, 0) is 23.3 Å². The van der Waals surface area contributed by atoms with Crippen LogP contribution in [0, 0.1) is 26.9 Å². The van der Waals surface area contributed by atoms with Crippen LogP contribution in [-0.2, 0) is 10.4 Å². The van der Waals surface area contributed by atoms with Crippen molar-refractivity contribution in [2.45, 2.75) is 24.0 Å². The number of carbonyl (C=O) groups excluding carboxylic acids is 1. The maximum atomic E-state index is 12.3. The molecule has 1 fully saturated rings. The van der Waals surface area contributed by atoms with Gasteiger partial charge < -0.3 is 10.8 Å². The molecule has 3 N–H and O–H groups in total. The summed E-state index contributed by atoms with van der Waals surface area (Å²) in [6.07, 6.45) is -0.460. The number of nitrogens with zero attached hydrogens (tertiary/aromatic N) is 2. The van der Waals surface area contributed by atoms with Crippen molar-refractivity contribution in [3.05, 3.63) is 80.3 Å². The van der Waals surface area contributed by atoms with Crippen LogP contribution in [0.3, 0.4) is 0 Å². The standard InChI is InChI=1S/C19H16BrN3O4/c20-14-8-6-13(7-9-14)19(25)10-18(11-21,17(22)24)15(16(19)23(26)27)12-4-2-1-3-5-12/h1-9,15-16,25H,10H2,(H2,22,24)/t15-,16-,18-,19-/m1/s1. The summed E-state index contributed by atoms with van der Waals surface area (Å²) in [5.74, 6) is -2.18. The van der Waals surface area contributed by atoms with E-state index in [2.05, 4.69) is 15.9 Å². The topological polar surface area (TPSA) is 130 Å². The van der Waals surface area contributed by atoms with Crippen molar-refractivity contribution in [1.29, 1.82) is 5.26 Å². The molecule has 27 heavy (non-hydrogen) atoms. The third kappa shape index (κ3) is 2.89. The number of benzene rings is 2. The molecule has 138 valence electrons. The molecule has 7 nitrogen and oxygen atoms in total. The Morgan fingerprint density at radius 3 is 2.33 bits per heavy atom. The van der Waals surface area contributed by atoms with Crippen molar-refractivity contribution in [3.8, 4) is 6.07 Å². The number of nitriles is 1. The average Bonchev–Trinajstić information content (AvgIpc) is 2.94. The molecule has 0 heterocycles. The number of carbonyl (C=O) groups is 1. The molecule has 0 radical (unpaired) electrons. The molecule has 1 saturated carbocycles. The van der Waals surface area contributed by atoms with E-state index in [0.29, 0.717) is 5.56 Å². The van der Waals surface area contributed by atoms with Gasteiger partial charge in [0.25, 0.3) is 6.04 Å². The summed E-state index contributed by atoms with van der Waals surface area (Å²) < 4.78 is 0.728. The van der Waals surface area contributed by atoms with Gasteiger partial charge in [0.2, 0.25) is 5.91 Å². The molecule has 1 aliphatic carbocycles. The van der Waals surface area contributed by atoms with Gasteiger partial charge in [0.1, 0.15) is 0 Å². The van der Waals surface area contributed by atoms with E-state index in [9.17, 15) is 25.3 Å². The van der Waals surface area contributed by atoms with Gasteiger partial charge in [-0.3, -0.25) is 14.9 Å². The van der Waals surface area contributed by atoms with E-state index in [1.54, 1.807) is 42.5 Å². The Morgan fingerprint density at radius 1 is 1.26 bits per heavy atom. The Bertz CT molecular complexity index is 928. The average molecular weight is 430 g/mol. The minimum absolute atomic E-state index is 0.256. The molecular formula is C19H16BrN3O4. The van der Waals surface area contributed by atoms with Crippen LogP contribution < -0.4 is 5.73 Å². The number of rotatable bonds is 4. The lowest BCUT2D eigenvalue weighted by atomic mass is 9.74. The quantitative estimate of drug-likeness (QED) is 0.569. The second-order valence-corrected chi connectivity index (χ2v) is 7.59. The first-order valence-corrected chi connectivity index (χ1v) is 8.93. The van der Waals surface area contributed by atoms with Crippen molar-refractivity contribution < 1.29 is 14.8 Å². The Kier molecular flexibility index (Phi) is 4.76. The van der Waals surface area contributed by atoms with Gasteiger partial charge >= 0.3 is 0 Å². The van der Waals surface area contributed by atoms with Crippen molar-refractivity contribution in [2.24, 2.45) is 11.1 Å². The van der Waals surface area contributed by atoms with Gasteiger partial charge in [0.05, 0.1) is 12.0 Å². The third-order valence-corrected chi connectivity index (χ3v) is 5.78. The van der Waals surface area contributed by atoms with Crippen LogP contribution in [0.5, 0.6) is 0 Å². The van der Waals surface area contributed by atoms with Crippen LogP contribution in [0.4, 0.5) is 0 Å². The molecule has 4 atom stereocenters. The van der Waals surface area contributed by atoms with Crippen molar-refractivity contribution in [3.63, 3.8) is 0 Å². The van der Waals surface area contributed by atoms with Crippen LogP contribution in [0.15, 0.2) is 59.1 Å². The van der Waals surface area contributed by atoms with E-state index < -0.39 is 40.2 Å². The van der Waals surface area contributed by atoms with Crippen LogP contribution in [0.25, 0.3) is 0 Å². The number of hydrogen-bond acceptors (Lipinski definition) is 5. The predicted molar refractivity (Wildman–Crippen MR) is 99.9 cm³/mol. The number of aliphatic hydroxyl groups is 1. The monoisotopic (exact) mass is 429 g/mol. The van der Waals surface area contributed by atoms with E-state index in [1.165, 1.54) is 12.1 Å². The second-order valence-electron chi connectivity index (χ2n) is 6.67. The highest BCUT2D eigenvalue weighted by Gasteiger charge is 2.70. The number of nitrogens with two attached hydrogens (primary N) is 1. The summed E-state index contributed by atoms with van der Waals surface area (Å²) in [6, 6.07) is 14.9. The summed E-state index contributed by atoms with van der Waals surface area (Å²) in [5.41, 5.74) is 2.27. The smallest absolute Gasteiger partial charge is 0.254 e. The highest BCUT2D eigenvalue weighted by atomic mass is 79.9. The summed E-state index contributed by atoms with van der Waals surface area (Å²) in [7, 11) is 0. The molecule has 0 saturated heterocycles. The first-order chi connectivity index (χ1) is 12.8. The van der Waals surface area contributed by atoms with Gasteiger partial charge in [-0.2, -0.15) is 5.26 Å². The molecule has 8 heteroatoms. The molecule has 1 amide bonds.